The lowest BCUT2D eigenvalue weighted by molar-refractivity contribution is -0.137. The minimum Gasteiger partial charge on any atom is -0.348 e. The molecule has 0 spiro atoms. The molecule has 0 saturated carbocycles. The Balaban J connectivity index is 1.57. The van der Waals surface area contributed by atoms with Gasteiger partial charge in [0.05, 0.1) is 30.4 Å². The van der Waals surface area contributed by atoms with Crippen molar-refractivity contribution in [2.45, 2.75) is 38.4 Å². The van der Waals surface area contributed by atoms with Crippen molar-refractivity contribution in [3.8, 4) is 0 Å². The number of nitrogens with zero attached hydrogens (tertiary/aromatic N) is 1. The van der Waals surface area contributed by atoms with Gasteiger partial charge in [0.1, 0.15) is 0 Å². The van der Waals surface area contributed by atoms with Crippen molar-refractivity contribution < 1.29 is 22.8 Å². The number of amides is 2. The fraction of sp³-hybridized carbons (Fsp3) is 0.391. The Morgan fingerprint density at radius 2 is 1.71 bits per heavy atom. The number of fused-ring (bicyclic) bond motifs is 1. The molecule has 1 atom stereocenters. The van der Waals surface area contributed by atoms with E-state index in [1.165, 1.54) is 23.8 Å². The molecule has 5 nitrogen and oxygen atoms in total. The standard InChI is InChI=1S/C23H26F3N3O2/c1-2-29(15-22(31)28-20-12-6-5-11-18(20)23(24,25)26)14-21(30)27-19-13-7-9-16-8-3-4-10-17(16)19/h3-6,8,10-12,19H,2,7,9,13-15H2,1H3,(H,27,30)(H,28,31). The van der Waals surface area contributed by atoms with E-state index in [4.69, 9.17) is 0 Å². The Kier molecular flexibility index (Phi) is 7.33. The fourth-order valence-corrected chi connectivity index (χ4v) is 3.86. The highest BCUT2D eigenvalue weighted by atomic mass is 19.4. The van der Waals surface area contributed by atoms with Crippen LogP contribution >= 0.6 is 0 Å². The predicted molar refractivity (Wildman–Crippen MR) is 112 cm³/mol. The lowest BCUT2D eigenvalue weighted by Gasteiger charge is -2.27. The van der Waals surface area contributed by atoms with Crippen LogP contribution in [0.4, 0.5) is 18.9 Å². The first-order valence-corrected chi connectivity index (χ1v) is 10.3. The Morgan fingerprint density at radius 3 is 2.45 bits per heavy atom. The quantitative estimate of drug-likeness (QED) is 0.689. The largest absolute Gasteiger partial charge is 0.418 e. The zero-order chi connectivity index (χ0) is 22.4. The maximum Gasteiger partial charge on any atom is 0.418 e. The monoisotopic (exact) mass is 433 g/mol. The van der Waals surface area contributed by atoms with Crippen LogP contribution in [0.3, 0.4) is 0 Å². The first kappa shape index (κ1) is 22.8. The topological polar surface area (TPSA) is 61.4 Å². The van der Waals surface area contributed by atoms with Crippen LogP contribution in [0.15, 0.2) is 48.5 Å². The number of alkyl halides is 3. The number of halogens is 3. The van der Waals surface area contributed by atoms with E-state index < -0.39 is 17.6 Å². The molecule has 31 heavy (non-hydrogen) atoms. The van der Waals surface area contributed by atoms with Gasteiger partial charge in [0, 0.05) is 0 Å². The molecule has 2 amide bonds. The van der Waals surface area contributed by atoms with Crippen molar-refractivity contribution in [2.75, 3.05) is 25.0 Å². The van der Waals surface area contributed by atoms with E-state index in [1.54, 1.807) is 11.8 Å². The summed E-state index contributed by atoms with van der Waals surface area (Å²) in [5.74, 6) is -0.818. The third-order valence-corrected chi connectivity index (χ3v) is 5.39. The summed E-state index contributed by atoms with van der Waals surface area (Å²) in [6.07, 6.45) is -1.74. The average molecular weight is 433 g/mol. The number of carbonyl (C=O) groups excluding carboxylic acids is 2. The molecule has 0 fully saturated rings. The second kappa shape index (κ2) is 9.96. The van der Waals surface area contributed by atoms with Crippen molar-refractivity contribution in [1.82, 2.24) is 10.2 Å². The van der Waals surface area contributed by atoms with Gasteiger partial charge in [0.2, 0.25) is 11.8 Å². The Bertz CT molecular complexity index is 930. The van der Waals surface area contributed by atoms with Crippen LogP contribution in [0.5, 0.6) is 0 Å². The van der Waals surface area contributed by atoms with E-state index in [2.05, 4.69) is 16.7 Å². The number of rotatable bonds is 7. The number of benzene rings is 2. The third-order valence-electron chi connectivity index (χ3n) is 5.39. The van der Waals surface area contributed by atoms with Crippen LogP contribution in [0.25, 0.3) is 0 Å². The number of likely N-dealkylation sites (N-methyl/N-ethyl adjacent to an activating group) is 1. The van der Waals surface area contributed by atoms with Crippen molar-refractivity contribution in [3.05, 3.63) is 65.2 Å². The lowest BCUT2D eigenvalue weighted by Crippen LogP contribution is -2.42. The fourth-order valence-electron chi connectivity index (χ4n) is 3.86. The molecule has 3 rings (SSSR count). The van der Waals surface area contributed by atoms with E-state index in [-0.39, 0.29) is 30.7 Å². The average Bonchev–Trinajstić information content (AvgIpc) is 2.73. The number of hydrogen-bond acceptors (Lipinski definition) is 3. The van der Waals surface area contributed by atoms with Gasteiger partial charge in [0.25, 0.3) is 0 Å². The SMILES string of the molecule is CCN(CC(=O)Nc1ccccc1C(F)(F)F)CC(=O)NC1CCCc2ccccc21. The van der Waals surface area contributed by atoms with Crippen LogP contribution in [0, 0.1) is 0 Å². The highest BCUT2D eigenvalue weighted by Crippen LogP contribution is 2.34. The van der Waals surface area contributed by atoms with Gasteiger partial charge >= 0.3 is 6.18 Å². The zero-order valence-corrected chi connectivity index (χ0v) is 17.3. The lowest BCUT2D eigenvalue weighted by atomic mass is 9.88. The summed E-state index contributed by atoms with van der Waals surface area (Å²) in [5.41, 5.74) is 1.15. The molecule has 8 heteroatoms. The van der Waals surface area contributed by atoms with E-state index in [0.29, 0.717) is 6.54 Å². The molecule has 1 unspecified atom stereocenters. The number of aryl methyl sites for hydroxylation is 1. The van der Waals surface area contributed by atoms with Crippen molar-refractivity contribution >= 4 is 17.5 Å². The van der Waals surface area contributed by atoms with Crippen LogP contribution in [0.2, 0.25) is 0 Å². The van der Waals surface area contributed by atoms with Gasteiger partial charge in [-0.2, -0.15) is 13.2 Å². The molecule has 0 radical (unpaired) electrons. The summed E-state index contributed by atoms with van der Waals surface area (Å²) in [7, 11) is 0. The first-order chi connectivity index (χ1) is 14.8. The van der Waals surface area contributed by atoms with Crippen LogP contribution in [0.1, 0.15) is 42.5 Å². The van der Waals surface area contributed by atoms with E-state index in [0.717, 1.165) is 30.9 Å². The zero-order valence-electron chi connectivity index (χ0n) is 17.3. The Morgan fingerprint density at radius 1 is 1.03 bits per heavy atom. The maximum absolute atomic E-state index is 13.1. The maximum atomic E-state index is 13.1. The summed E-state index contributed by atoms with van der Waals surface area (Å²) >= 11 is 0. The second-order valence-corrected chi connectivity index (χ2v) is 7.61. The van der Waals surface area contributed by atoms with E-state index in [9.17, 15) is 22.8 Å². The predicted octanol–water partition coefficient (Wildman–Crippen LogP) is 4.16. The highest BCUT2D eigenvalue weighted by molar-refractivity contribution is 5.93. The van der Waals surface area contributed by atoms with Gasteiger partial charge < -0.3 is 10.6 Å². The second-order valence-electron chi connectivity index (χ2n) is 7.61. The van der Waals surface area contributed by atoms with Crippen molar-refractivity contribution in [2.24, 2.45) is 0 Å². The van der Waals surface area contributed by atoms with Crippen molar-refractivity contribution in [1.29, 1.82) is 0 Å². The molecule has 2 aromatic rings. The highest BCUT2D eigenvalue weighted by Gasteiger charge is 2.33. The van der Waals surface area contributed by atoms with E-state index in [1.807, 2.05) is 18.2 Å². The smallest absolute Gasteiger partial charge is 0.348 e. The van der Waals surface area contributed by atoms with Gasteiger partial charge in [-0.15, -0.1) is 0 Å². The first-order valence-electron chi connectivity index (χ1n) is 10.3. The molecule has 0 bridgehead atoms. The number of para-hydroxylation sites is 1. The van der Waals surface area contributed by atoms with Gasteiger partial charge in [-0.1, -0.05) is 43.3 Å². The molecule has 1 aliphatic rings. The minimum absolute atomic E-state index is 0.0104. The molecular weight excluding hydrogens is 407 g/mol. The molecule has 1 aliphatic carbocycles. The third kappa shape index (κ3) is 6.07. The number of nitrogens with one attached hydrogen (secondary N) is 2. The van der Waals surface area contributed by atoms with Gasteiger partial charge in [0.15, 0.2) is 0 Å². The molecule has 2 N–H and O–H groups in total. The molecule has 2 aromatic carbocycles. The van der Waals surface area contributed by atoms with Gasteiger partial charge in [-0.3, -0.25) is 14.5 Å². The molecular formula is C23H26F3N3O2. The summed E-state index contributed by atoms with van der Waals surface area (Å²) in [6, 6.07) is 12.8. The number of anilines is 1. The van der Waals surface area contributed by atoms with Crippen LogP contribution in [-0.4, -0.2) is 36.3 Å². The minimum atomic E-state index is -4.56. The number of carbonyl (C=O) groups is 2. The van der Waals surface area contributed by atoms with E-state index >= 15 is 0 Å². The summed E-state index contributed by atoms with van der Waals surface area (Å²) in [5, 5.41) is 5.35. The summed E-state index contributed by atoms with van der Waals surface area (Å²) in [4.78, 5) is 26.5. The van der Waals surface area contributed by atoms with Crippen molar-refractivity contribution in [3.63, 3.8) is 0 Å². The normalized spacial score (nSPS) is 16.0. The van der Waals surface area contributed by atoms with Crippen LogP contribution in [-0.2, 0) is 22.2 Å². The van der Waals surface area contributed by atoms with Gasteiger partial charge in [-0.25, -0.2) is 0 Å². The van der Waals surface area contributed by atoms with Crippen LogP contribution < -0.4 is 10.6 Å². The summed E-state index contributed by atoms with van der Waals surface area (Å²) in [6.45, 7) is 2.00. The van der Waals surface area contributed by atoms with Gasteiger partial charge in [-0.05, 0) is 49.1 Å². The Labute approximate surface area is 179 Å². The molecule has 0 saturated heterocycles. The number of hydrogen-bond donors (Lipinski definition) is 2. The Hall–Kier alpha value is -2.87. The molecule has 166 valence electrons. The molecule has 0 heterocycles. The molecule has 0 aliphatic heterocycles. The summed E-state index contributed by atoms with van der Waals surface area (Å²) < 4.78 is 39.3. The molecule has 0 aromatic heterocycles.